The van der Waals surface area contributed by atoms with Gasteiger partial charge in [0, 0.05) is 30.1 Å². The molecule has 23 nitrogen and oxygen atoms in total. The van der Waals surface area contributed by atoms with E-state index in [1.165, 1.54) is 6.92 Å². The van der Waals surface area contributed by atoms with Crippen molar-refractivity contribution in [2.24, 2.45) is 28.9 Å². The fraction of sp³-hybridized carbons (Fsp3) is 0.590. The number of fused-ring (bicyclic) bond motifs is 1. The van der Waals surface area contributed by atoms with Crippen LogP contribution in [0.15, 0.2) is 30.5 Å². The largest absolute Gasteiger partial charge is 0.394 e. The number of carbonyl (C=O) groups excluding carboxylic acids is 7. The number of aromatic amines is 1. The first-order valence-corrected chi connectivity index (χ1v) is 20.4. The second kappa shape index (κ2) is 26.5. The highest BCUT2D eigenvalue weighted by molar-refractivity contribution is 5.97. The topological polar surface area (TPSA) is 408 Å². The van der Waals surface area contributed by atoms with Crippen LogP contribution in [0.1, 0.15) is 64.9 Å². The summed E-state index contributed by atoms with van der Waals surface area (Å²) < 4.78 is 0. The van der Waals surface area contributed by atoms with E-state index >= 15 is 0 Å². The van der Waals surface area contributed by atoms with Crippen LogP contribution in [0.3, 0.4) is 0 Å². The monoisotopic (exact) mass is 875 g/mol. The van der Waals surface area contributed by atoms with Crippen LogP contribution < -0.4 is 60.2 Å². The highest BCUT2D eigenvalue weighted by atomic mass is 16.3. The molecule has 0 spiro atoms. The van der Waals surface area contributed by atoms with Crippen LogP contribution in [-0.4, -0.2) is 142 Å². The third-order valence-corrected chi connectivity index (χ3v) is 9.75. The van der Waals surface area contributed by atoms with Crippen molar-refractivity contribution >= 4 is 58.2 Å². The second-order valence-electron chi connectivity index (χ2n) is 15.4. The van der Waals surface area contributed by atoms with E-state index in [9.17, 15) is 48.9 Å². The fourth-order valence-corrected chi connectivity index (χ4v) is 6.24. The smallest absolute Gasteiger partial charge is 0.245 e. The number of unbranched alkanes of at least 4 members (excludes halogenated alkanes) is 1. The molecule has 1 aromatic heterocycles. The van der Waals surface area contributed by atoms with Gasteiger partial charge in [0.05, 0.1) is 19.3 Å². The third kappa shape index (κ3) is 17.2. The Kier molecular flexibility index (Phi) is 22.3. The van der Waals surface area contributed by atoms with Gasteiger partial charge in [0.1, 0.15) is 42.3 Å². The van der Waals surface area contributed by atoms with Crippen molar-refractivity contribution in [1.82, 2.24) is 42.2 Å². The summed E-state index contributed by atoms with van der Waals surface area (Å²) in [6.45, 7) is 3.42. The van der Waals surface area contributed by atoms with Crippen molar-refractivity contribution in [3.05, 3.63) is 36.0 Å². The highest BCUT2D eigenvalue weighted by Crippen LogP contribution is 2.19. The zero-order chi connectivity index (χ0) is 46.5. The lowest BCUT2D eigenvalue weighted by Crippen LogP contribution is -2.61. The highest BCUT2D eigenvalue weighted by Gasteiger charge is 2.34. The lowest BCUT2D eigenvalue weighted by molar-refractivity contribution is -0.136. The van der Waals surface area contributed by atoms with Gasteiger partial charge in [-0.05, 0) is 69.5 Å². The van der Waals surface area contributed by atoms with Crippen molar-refractivity contribution in [3.8, 4) is 0 Å². The Labute approximate surface area is 359 Å². The number of aliphatic hydroxyl groups is 3. The molecular weight excluding hydrogens is 811 g/mol. The number of benzene rings is 1. The predicted octanol–water partition coefficient (Wildman–Crippen LogP) is -4.76. The number of rotatable bonds is 28. The van der Waals surface area contributed by atoms with Crippen LogP contribution >= 0.6 is 0 Å². The molecule has 62 heavy (non-hydrogen) atoms. The van der Waals surface area contributed by atoms with Gasteiger partial charge in [-0.25, -0.2) is 0 Å². The molecule has 0 fully saturated rings. The quantitative estimate of drug-likeness (QED) is 0.0217. The van der Waals surface area contributed by atoms with Gasteiger partial charge in [-0.3, -0.25) is 39.0 Å². The number of carbonyl (C=O) groups is 7. The van der Waals surface area contributed by atoms with Crippen LogP contribution in [0.2, 0.25) is 0 Å². The van der Waals surface area contributed by atoms with Gasteiger partial charge < -0.3 is 80.5 Å². The van der Waals surface area contributed by atoms with Crippen LogP contribution in [0.5, 0.6) is 0 Å². The number of nitrogens with one attached hydrogen (secondary N) is 9. The molecule has 0 bridgehead atoms. The number of primary amides is 1. The number of aromatic nitrogens is 1. The van der Waals surface area contributed by atoms with E-state index < -0.39 is 103 Å². The Bertz CT molecular complexity index is 1820. The molecule has 8 atom stereocenters. The standard InChI is InChI=1S/C39H65N13O10/c1-20(2)15-27(32(42)56)49-37(61)30(19-54)51-34(58)26(12-8-14-45-39(43)44)47-33(57)25(11-6-7-13-40)48-36(60)29(18-53)52-35(59)28(50-38(62)31(41)21(3)55)16-22-17-46-24-10-5-4-9-23(22)24/h4-5,9-10,17,20-21,25-31,46,53-55H,6-8,11-16,18-19,40-41H2,1-3H3,(H2,42,56)(H,47,57)(H,48,60)(H,49,61)(H,50,62)(H,51,58)(H,52,59)(H4,43,44,45)/t21-,25+,26+,27+,28+,29+,30+,31+/m1/s1. The van der Waals surface area contributed by atoms with E-state index in [2.05, 4.69) is 42.2 Å². The number of hydrogen-bond acceptors (Lipinski definition) is 13. The molecule has 2 rings (SSSR count). The molecule has 0 aliphatic carbocycles. The van der Waals surface area contributed by atoms with Gasteiger partial charge in [-0.2, -0.15) is 0 Å². The third-order valence-electron chi connectivity index (χ3n) is 9.75. The summed E-state index contributed by atoms with van der Waals surface area (Å²) in [6.07, 6.45) is 1.29. The first-order valence-electron chi connectivity index (χ1n) is 20.4. The summed E-state index contributed by atoms with van der Waals surface area (Å²) in [7, 11) is 0. The molecule has 0 radical (unpaired) electrons. The Balaban J connectivity index is 2.33. The lowest BCUT2D eigenvalue weighted by atomic mass is 10.0. The van der Waals surface area contributed by atoms with Crippen LogP contribution in [0, 0.1) is 11.3 Å². The summed E-state index contributed by atoms with van der Waals surface area (Å²) in [6, 6.07) is -2.60. The number of para-hydroxylation sites is 1. The maximum Gasteiger partial charge on any atom is 0.245 e. The Hall–Kier alpha value is -5.88. The van der Waals surface area contributed by atoms with Crippen molar-refractivity contribution in [1.29, 1.82) is 5.41 Å². The van der Waals surface area contributed by atoms with E-state index in [-0.39, 0.29) is 57.1 Å². The number of aliphatic hydroxyl groups excluding tert-OH is 3. The van der Waals surface area contributed by atoms with Gasteiger partial charge >= 0.3 is 0 Å². The number of H-pyrrole nitrogens is 1. The SMILES string of the molecule is CC(C)C[C@H](NC(=O)[C@H](CO)NC(=O)[C@H](CCCNC(=N)N)NC(=O)[C@H](CCCCN)NC(=O)[C@H](CO)NC(=O)[C@H](Cc1c[nH]c2ccccc12)NC(=O)[C@@H](N)[C@@H](C)O)C(N)=O. The molecule has 2 aromatic rings. The van der Waals surface area contributed by atoms with Crippen molar-refractivity contribution in [2.45, 2.75) is 114 Å². The predicted molar refractivity (Wildman–Crippen MR) is 228 cm³/mol. The molecule has 20 N–H and O–H groups in total. The molecule has 23 heteroatoms. The number of nitrogens with two attached hydrogens (primary N) is 4. The van der Waals surface area contributed by atoms with Crippen molar-refractivity contribution < 1.29 is 48.9 Å². The van der Waals surface area contributed by atoms with E-state index in [0.29, 0.717) is 18.4 Å². The number of guanidine groups is 1. The van der Waals surface area contributed by atoms with E-state index in [1.54, 1.807) is 38.2 Å². The summed E-state index contributed by atoms with van der Waals surface area (Å²) in [5.41, 5.74) is 23.7. The average Bonchev–Trinajstić information content (AvgIpc) is 3.63. The van der Waals surface area contributed by atoms with Crippen LogP contribution in [-0.2, 0) is 40.0 Å². The van der Waals surface area contributed by atoms with Gasteiger partial charge in [0.15, 0.2) is 5.96 Å². The van der Waals surface area contributed by atoms with E-state index in [0.717, 1.165) is 10.9 Å². The van der Waals surface area contributed by atoms with Gasteiger partial charge in [-0.1, -0.05) is 32.0 Å². The van der Waals surface area contributed by atoms with Crippen molar-refractivity contribution in [3.63, 3.8) is 0 Å². The molecule has 0 unspecified atom stereocenters. The molecule has 0 saturated heterocycles. The maximum absolute atomic E-state index is 13.9. The lowest BCUT2D eigenvalue weighted by Gasteiger charge is -2.27. The zero-order valence-electron chi connectivity index (χ0n) is 35.4. The average molecular weight is 876 g/mol. The minimum atomic E-state index is -1.65. The second-order valence-corrected chi connectivity index (χ2v) is 15.4. The molecular formula is C39H65N13O10. The Morgan fingerprint density at radius 1 is 0.694 bits per heavy atom. The number of amides is 7. The van der Waals surface area contributed by atoms with Crippen LogP contribution in [0.4, 0.5) is 0 Å². The molecule has 0 saturated carbocycles. The van der Waals surface area contributed by atoms with E-state index in [1.807, 2.05) is 6.07 Å². The molecule has 346 valence electrons. The summed E-state index contributed by atoms with van der Waals surface area (Å²) in [4.78, 5) is 96.0. The first-order chi connectivity index (χ1) is 29.3. The summed E-state index contributed by atoms with van der Waals surface area (Å²) in [5.74, 6) is -6.66. The van der Waals surface area contributed by atoms with Crippen LogP contribution in [0.25, 0.3) is 10.9 Å². The molecule has 7 amide bonds. The molecule has 1 heterocycles. The van der Waals surface area contributed by atoms with Gasteiger partial charge in [0.25, 0.3) is 0 Å². The summed E-state index contributed by atoms with van der Waals surface area (Å²) in [5, 5.41) is 55.7. The zero-order valence-corrected chi connectivity index (χ0v) is 35.4. The Morgan fingerprint density at radius 2 is 1.18 bits per heavy atom. The molecule has 1 aromatic carbocycles. The molecule has 0 aliphatic heterocycles. The van der Waals surface area contributed by atoms with Gasteiger partial charge in [0.2, 0.25) is 41.4 Å². The van der Waals surface area contributed by atoms with Crippen molar-refractivity contribution in [2.75, 3.05) is 26.3 Å². The van der Waals surface area contributed by atoms with Gasteiger partial charge in [-0.15, -0.1) is 0 Å². The minimum Gasteiger partial charge on any atom is -0.394 e. The normalized spacial score (nSPS) is 15.1. The molecule has 0 aliphatic rings. The van der Waals surface area contributed by atoms with E-state index in [4.69, 9.17) is 28.3 Å². The first kappa shape index (κ1) is 52.3. The Morgan fingerprint density at radius 3 is 1.68 bits per heavy atom. The minimum absolute atomic E-state index is 0.0103. The maximum atomic E-state index is 13.9. The fourth-order valence-electron chi connectivity index (χ4n) is 6.24. The number of hydrogen-bond donors (Lipinski definition) is 16. The summed E-state index contributed by atoms with van der Waals surface area (Å²) >= 11 is 0.